The molecule has 1 nitrogen and oxygen atoms in total. The fraction of sp³-hybridized carbons (Fsp3) is 0.133. The van der Waals surface area contributed by atoms with Crippen molar-refractivity contribution in [3.05, 3.63) is 71.8 Å². The Morgan fingerprint density at radius 2 is 1.88 bits per heavy atom. The van der Waals surface area contributed by atoms with E-state index in [1.165, 1.54) is 0 Å². The average molecular weight is 210 g/mol. The van der Waals surface area contributed by atoms with Crippen LogP contribution in [0.25, 0.3) is 0 Å². The largest absolute Gasteiger partial charge is 0.289 e. The van der Waals surface area contributed by atoms with Gasteiger partial charge in [0.1, 0.15) is 0 Å². The highest BCUT2D eigenvalue weighted by Gasteiger charge is 2.09. The third kappa shape index (κ3) is 2.37. The van der Waals surface area contributed by atoms with Crippen LogP contribution in [0, 0.1) is 5.92 Å². The fourth-order valence-electron chi connectivity index (χ4n) is 1.62. The lowest BCUT2D eigenvalue weighted by Crippen LogP contribution is -2.00. The molecule has 1 aromatic carbocycles. The van der Waals surface area contributed by atoms with Gasteiger partial charge in [-0.1, -0.05) is 67.6 Å². The van der Waals surface area contributed by atoms with Crippen LogP contribution in [0.15, 0.2) is 66.3 Å². The van der Waals surface area contributed by atoms with Crippen LogP contribution < -0.4 is 0 Å². The van der Waals surface area contributed by atoms with Gasteiger partial charge in [-0.3, -0.25) is 4.79 Å². The molecule has 0 radical (unpaired) electrons. The summed E-state index contributed by atoms with van der Waals surface area (Å²) in [6, 6.07) is 9.36. The van der Waals surface area contributed by atoms with Crippen molar-refractivity contribution in [3.63, 3.8) is 0 Å². The zero-order valence-corrected chi connectivity index (χ0v) is 9.26. The molecule has 1 aliphatic carbocycles. The molecule has 16 heavy (non-hydrogen) atoms. The first-order valence-electron chi connectivity index (χ1n) is 5.44. The van der Waals surface area contributed by atoms with Crippen LogP contribution in [0.3, 0.4) is 0 Å². The number of hydrogen-bond acceptors (Lipinski definition) is 1. The van der Waals surface area contributed by atoms with Gasteiger partial charge in [0, 0.05) is 11.1 Å². The summed E-state index contributed by atoms with van der Waals surface area (Å²) in [4.78, 5) is 12.1. The second-order valence-electron chi connectivity index (χ2n) is 3.92. The lowest BCUT2D eigenvalue weighted by Gasteiger charge is -2.00. The summed E-state index contributed by atoms with van der Waals surface area (Å²) in [6.45, 7) is 2.09. The molecule has 2 rings (SSSR count). The number of hydrogen-bond donors (Lipinski definition) is 0. The molecule has 1 atom stereocenters. The molecule has 0 saturated carbocycles. The molecule has 0 saturated heterocycles. The molecule has 0 aliphatic heterocycles. The summed E-state index contributed by atoms with van der Waals surface area (Å²) < 4.78 is 0. The molecular weight excluding hydrogens is 196 g/mol. The fourth-order valence-corrected chi connectivity index (χ4v) is 1.62. The van der Waals surface area contributed by atoms with E-state index in [1.54, 1.807) is 0 Å². The van der Waals surface area contributed by atoms with Crippen LogP contribution in [-0.2, 0) is 0 Å². The monoisotopic (exact) mass is 210 g/mol. The summed E-state index contributed by atoms with van der Waals surface area (Å²) in [7, 11) is 0. The minimum atomic E-state index is 0.0793. The van der Waals surface area contributed by atoms with Crippen LogP contribution >= 0.6 is 0 Å². The molecule has 1 aromatic rings. The van der Waals surface area contributed by atoms with Gasteiger partial charge in [-0.25, -0.2) is 0 Å². The minimum absolute atomic E-state index is 0.0793. The molecule has 0 heterocycles. The van der Waals surface area contributed by atoms with Gasteiger partial charge in [-0.15, -0.1) is 0 Å². The summed E-state index contributed by atoms with van der Waals surface area (Å²) in [6.07, 6.45) is 9.83. The van der Waals surface area contributed by atoms with Crippen molar-refractivity contribution in [3.8, 4) is 0 Å². The van der Waals surface area contributed by atoms with Crippen molar-refractivity contribution in [2.45, 2.75) is 6.92 Å². The van der Waals surface area contributed by atoms with E-state index in [0.29, 0.717) is 5.92 Å². The zero-order chi connectivity index (χ0) is 11.4. The van der Waals surface area contributed by atoms with Gasteiger partial charge in [0.2, 0.25) is 0 Å². The minimum Gasteiger partial charge on any atom is -0.289 e. The van der Waals surface area contributed by atoms with E-state index in [0.717, 1.165) is 11.1 Å². The Labute approximate surface area is 95.8 Å². The van der Waals surface area contributed by atoms with Crippen molar-refractivity contribution in [1.29, 1.82) is 0 Å². The molecule has 1 unspecified atom stereocenters. The Kier molecular flexibility index (Phi) is 3.16. The normalized spacial score (nSPS) is 19.1. The predicted octanol–water partition coefficient (Wildman–Crippen LogP) is 3.56. The van der Waals surface area contributed by atoms with Crippen molar-refractivity contribution >= 4 is 5.78 Å². The Hall–Kier alpha value is -1.89. The molecular formula is C15H14O. The van der Waals surface area contributed by atoms with Crippen molar-refractivity contribution in [2.24, 2.45) is 5.92 Å². The molecule has 1 heteroatoms. The number of rotatable bonds is 2. The van der Waals surface area contributed by atoms with Crippen LogP contribution in [0.1, 0.15) is 17.3 Å². The van der Waals surface area contributed by atoms with Gasteiger partial charge >= 0.3 is 0 Å². The molecule has 0 bridgehead atoms. The maximum atomic E-state index is 12.1. The quantitative estimate of drug-likeness (QED) is 0.682. The summed E-state index contributed by atoms with van der Waals surface area (Å²) in [5, 5.41) is 0. The van der Waals surface area contributed by atoms with E-state index in [1.807, 2.05) is 54.6 Å². The Morgan fingerprint density at radius 1 is 1.12 bits per heavy atom. The first-order valence-corrected chi connectivity index (χ1v) is 5.44. The van der Waals surface area contributed by atoms with Gasteiger partial charge in [0.25, 0.3) is 0 Å². The number of carbonyl (C=O) groups excluding carboxylic acids is 1. The highest BCUT2D eigenvalue weighted by atomic mass is 16.1. The Balaban J connectivity index is 2.27. The third-order valence-electron chi connectivity index (χ3n) is 2.57. The molecule has 0 fully saturated rings. The number of carbonyl (C=O) groups is 1. The maximum absolute atomic E-state index is 12.1. The smallest absolute Gasteiger partial charge is 0.193 e. The average Bonchev–Trinajstić information content (AvgIpc) is 2.54. The molecule has 0 N–H and O–H groups in total. The third-order valence-corrected chi connectivity index (χ3v) is 2.57. The first-order chi connectivity index (χ1) is 7.77. The van der Waals surface area contributed by atoms with Crippen LogP contribution in [-0.4, -0.2) is 5.78 Å². The summed E-state index contributed by atoms with van der Waals surface area (Å²) in [5.41, 5.74) is 1.48. The zero-order valence-electron chi connectivity index (χ0n) is 9.26. The number of ketones is 1. The predicted molar refractivity (Wildman–Crippen MR) is 66.3 cm³/mol. The lowest BCUT2D eigenvalue weighted by molar-refractivity contribution is 0.103. The van der Waals surface area contributed by atoms with Crippen molar-refractivity contribution in [1.82, 2.24) is 0 Å². The van der Waals surface area contributed by atoms with Crippen LogP contribution in [0.4, 0.5) is 0 Å². The molecule has 80 valence electrons. The SMILES string of the molecule is CC1C=CC=C(C(=O)c2ccccc2)C=C1. The highest BCUT2D eigenvalue weighted by molar-refractivity contribution is 6.10. The molecule has 0 amide bonds. The maximum Gasteiger partial charge on any atom is 0.193 e. The summed E-state index contributed by atoms with van der Waals surface area (Å²) in [5.74, 6) is 0.466. The van der Waals surface area contributed by atoms with E-state index in [4.69, 9.17) is 0 Å². The highest BCUT2D eigenvalue weighted by Crippen LogP contribution is 2.14. The second kappa shape index (κ2) is 4.75. The molecule has 0 spiro atoms. The van der Waals surface area contributed by atoms with Gasteiger partial charge in [-0.05, 0) is 5.92 Å². The van der Waals surface area contributed by atoms with Gasteiger partial charge in [0.15, 0.2) is 5.78 Å². The van der Waals surface area contributed by atoms with Crippen molar-refractivity contribution < 1.29 is 4.79 Å². The van der Waals surface area contributed by atoms with E-state index < -0.39 is 0 Å². The van der Waals surface area contributed by atoms with E-state index in [9.17, 15) is 4.79 Å². The van der Waals surface area contributed by atoms with E-state index in [-0.39, 0.29) is 5.78 Å². The topological polar surface area (TPSA) is 17.1 Å². The molecule has 0 aromatic heterocycles. The molecule has 1 aliphatic rings. The van der Waals surface area contributed by atoms with Gasteiger partial charge < -0.3 is 0 Å². The number of allylic oxidation sites excluding steroid dienone is 6. The van der Waals surface area contributed by atoms with Gasteiger partial charge in [0.05, 0.1) is 0 Å². The van der Waals surface area contributed by atoms with Gasteiger partial charge in [-0.2, -0.15) is 0 Å². The standard InChI is InChI=1S/C15H14O/c1-12-6-5-9-14(11-10-12)15(16)13-7-3-2-4-8-13/h2-12H,1H3. The number of Topliss-reactive ketones (excluding diaryl/α,β-unsaturated/α-hetero) is 1. The number of benzene rings is 1. The van der Waals surface area contributed by atoms with Crippen LogP contribution in [0.2, 0.25) is 0 Å². The van der Waals surface area contributed by atoms with E-state index in [2.05, 4.69) is 13.0 Å². The van der Waals surface area contributed by atoms with Crippen molar-refractivity contribution in [2.75, 3.05) is 0 Å². The van der Waals surface area contributed by atoms with Crippen LogP contribution in [0.5, 0.6) is 0 Å². The summed E-state index contributed by atoms with van der Waals surface area (Å²) >= 11 is 0. The first kappa shape index (κ1) is 10.6. The Bertz CT molecular complexity index is 463. The Morgan fingerprint density at radius 3 is 2.62 bits per heavy atom. The lowest BCUT2D eigenvalue weighted by atomic mass is 10.0. The second-order valence-corrected chi connectivity index (χ2v) is 3.92. The van der Waals surface area contributed by atoms with E-state index >= 15 is 0 Å².